The van der Waals surface area contributed by atoms with Crippen LogP contribution in [0.3, 0.4) is 0 Å². The summed E-state index contributed by atoms with van der Waals surface area (Å²) < 4.78 is 27.9. The van der Waals surface area contributed by atoms with Crippen molar-refractivity contribution < 1.29 is 59.4 Å². The Morgan fingerprint density at radius 1 is 0.700 bits per heavy atom. The van der Waals surface area contributed by atoms with Crippen molar-refractivity contribution in [3.8, 4) is 0 Å². The van der Waals surface area contributed by atoms with E-state index >= 15 is 0 Å². The van der Waals surface area contributed by atoms with Crippen LogP contribution in [0.5, 0.6) is 0 Å². The number of ether oxygens (including phenoxy) is 5. The monoisotopic (exact) mass is 440 g/mol. The summed E-state index contributed by atoms with van der Waals surface area (Å²) in [6.07, 6.45) is -14.4. The van der Waals surface area contributed by atoms with E-state index in [1.165, 1.54) is 20.8 Å². The molecule has 7 unspecified atom stereocenters. The summed E-state index contributed by atoms with van der Waals surface area (Å²) in [6, 6.07) is 0. The molecule has 0 aromatic heterocycles. The fourth-order valence-corrected chi connectivity index (χ4v) is 3.97. The lowest BCUT2D eigenvalue weighted by molar-refractivity contribution is -0.393. The van der Waals surface area contributed by atoms with Gasteiger partial charge in [0.15, 0.2) is 12.1 Å². The molecule has 0 aromatic rings. The first-order valence-corrected chi connectivity index (χ1v) is 9.92. The molecule has 30 heavy (non-hydrogen) atoms. The zero-order valence-electron chi connectivity index (χ0n) is 17.2. The Hall–Kier alpha value is -0.480. The van der Waals surface area contributed by atoms with Crippen molar-refractivity contribution >= 4 is 0 Å². The minimum absolute atomic E-state index is 0.595. The zero-order valence-corrected chi connectivity index (χ0v) is 17.2. The van der Waals surface area contributed by atoms with Gasteiger partial charge in [0, 0.05) is 0 Å². The lowest BCUT2D eigenvalue weighted by atomic mass is 9.99. The first-order chi connectivity index (χ1) is 13.8. The van der Waals surface area contributed by atoms with Gasteiger partial charge in [-0.2, -0.15) is 0 Å². The molecule has 12 nitrogen and oxygen atoms in total. The van der Waals surface area contributed by atoms with Crippen LogP contribution < -0.4 is 0 Å². The molecule has 0 amide bonds. The average Bonchev–Trinajstić information content (AvgIpc) is 3.03. The summed E-state index contributed by atoms with van der Waals surface area (Å²) in [5.41, 5.74) is 0. The summed E-state index contributed by atoms with van der Waals surface area (Å²) in [6.45, 7) is 5.26. The van der Waals surface area contributed by atoms with Crippen LogP contribution in [-0.4, -0.2) is 121 Å². The standard InChI is InChI=1S/C18H32O12/c1-6-9(19)12(22)13(23)16(27-6)30-18(15(25)11(21)8(3)29-18)5-26-17(4)14(24)10(20)7(2)28-17/h6-16,19-25H,5H2,1-4H3/t6?,7-,8-,9-,10?,11?,12?,13?,14?,15?,16-,17-,18+/m1/s1. The van der Waals surface area contributed by atoms with Gasteiger partial charge in [-0.1, -0.05) is 0 Å². The molecule has 0 bridgehead atoms. The van der Waals surface area contributed by atoms with Gasteiger partial charge in [-0.15, -0.1) is 0 Å². The molecule has 3 aliphatic heterocycles. The highest BCUT2D eigenvalue weighted by Crippen LogP contribution is 2.39. The average molecular weight is 440 g/mol. The number of hydrogen-bond donors (Lipinski definition) is 7. The third-order valence-corrected chi connectivity index (χ3v) is 6.09. The van der Waals surface area contributed by atoms with Gasteiger partial charge >= 0.3 is 0 Å². The lowest BCUT2D eigenvalue weighted by Gasteiger charge is -2.44. The minimum Gasteiger partial charge on any atom is -0.388 e. The van der Waals surface area contributed by atoms with E-state index < -0.39 is 85.5 Å². The zero-order chi connectivity index (χ0) is 22.6. The molecule has 13 atom stereocenters. The topological polar surface area (TPSA) is 188 Å². The summed E-state index contributed by atoms with van der Waals surface area (Å²) >= 11 is 0. The predicted molar refractivity (Wildman–Crippen MR) is 95.6 cm³/mol. The molecule has 176 valence electrons. The molecule has 12 heteroatoms. The Morgan fingerprint density at radius 3 is 1.77 bits per heavy atom. The second kappa shape index (κ2) is 8.46. The molecule has 3 saturated heterocycles. The molecule has 0 aliphatic carbocycles. The maximum Gasteiger partial charge on any atom is 0.224 e. The summed E-state index contributed by atoms with van der Waals surface area (Å²) in [4.78, 5) is 0. The highest BCUT2D eigenvalue weighted by molar-refractivity contribution is 4.99. The van der Waals surface area contributed by atoms with Gasteiger partial charge in [0.25, 0.3) is 0 Å². The molecule has 3 heterocycles. The van der Waals surface area contributed by atoms with Gasteiger partial charge in [0.2, 0.25) is 5.79 Å². The summed E-state index contributed by atoms with van der Waals surface area (Å²) in [5.74, 6) is -3.75. The third-order valence-electron chi connectivity index (χ3n) is 6.09. The molecule has 0 radical (unpaired) electrons. The number of aliphatic hydroxyl groups is 7. The van der Waals surface area contributed by atoms with Gasteiger partial charge in [0.05, 0.1) is 18.3 Å². The van der Waals surface area contributed by atoms with Crippen molar-refractivity contribution in [3.05, 3.63) is 0 Å². The van der Waals surface area contributed by atoms with Crippen LogP contribution in [0.15, 0.2) is 0 Å². The van der Waals surface area contributed by atoms with Crippen LogP contribution in [0.2, 0.25) is 0 Å². The molecule has 3 aliphatic rings. The van der Waals surface area contributed by atoms with Crippen molar-refractivity contribution in [1.82, 2.24) is 0 Å². The van der Waals surface area contributed by atoms with Crippen LogP contribution in [-0.2, 0) is 23.7 Å². The Bertz CT molecular complexity index is 608. The first kappa shape index (κ1) is 24.2. The maximum absolute atomic E-state index is 10.6. The van der Waals surface area contributed by atoms with E-state index in [-0.39, 0.29) is 0 Å². The van der Waals surface area contributed by atoms with E-state index in [1.54, 1.807) is 6.92 Å². The molecule has 0 spiro atoms. The molecule has 0 aromatic carbocycles. The third kappa shape index (κ3) is 4.00. The fourth-order valence-electron chi connectivity index (χ4n) is 3.97. The van der Waals surface area contributed by atoms with E-state index in [2.05, 4.69) is 0 Å². The number of rotatable bonds is 5. The maximum atomic E-state index is 10.6. The lowest BCUT2D eigenvalue weighted by Crippen LogP contribution is -2.62. The SMILES string of the molecule is CC1O[C@H](O[C@]2(CO[C@]3(C)O[C@H](C)C(O)C3O)O[C@H](C)C(O)C2O)C(O)C(O)[C@@H]1O. The molecule has 0 saturated carbocycles. The molecular weight excluding hydrogens is 408 g/mol. The van der Waals surface area contributed by atoms with E-state index in [4.69, 9.17) is 23.7 Å². The van der Waals surface area contributed by atoms with Crippen LogP contribution >= 0.6 is 0 Å². The summed E-state index contributed by atoms with van der Waals surface area (Å²) in [7, 11) is 0. The van der Waals surface area contributed by atoms with E-state index in [9.17, 15) is 35.7 Å². The van der Waals surface area contributed by atoms with Gasteiger partial charge < -0.3 is 59.4 Å². The van der Waals surface area contributed by atoms with E-state index in [0.717, 1.165) is 0 Å². The Kier molecular flexibility index (Phi) is 6.82. The van der Waals surface area contributed by atoms with Crippen LogP contribution in [0.4, 0.5) is 0 Å². The highest BCUT2D eigenvalue weighted by atomic mass is 16.8. The number of aliphatic hydroxyl groups excluding tert-OH is 7. The first-order valence-electron chi connectivity index (χ1n) is 9.92. The van der Waals surface area contributed by atoms with E-state index in [0.29, 0.717) is 0 Å². The van der Waals surface area contributed by atoms with Gasteiger partial charge in [-0.3, -0.25) is 0 Å². The molecule has 3 fully saturated rings. The predicted octanol–water partition coefficient (Wildman–Crippen LogP) is -3.46. The summed E-state index contributed by atoms with van der Waals surface area (Å²) in [5, 5.41) is 71.2. The molecule has 3 rings (SSSR count). The van der Waals surface area contributed by atoms with Crippen molar-refractivity contribution in [2.24, 2.45) is 0 Å². The molecule has 7 N–H and O–H groups in total. The quantitative estimate of drug-likeness (QED) is 0.224. The van der Waals surface area contributed by atoms with Crippen LogP contribution in [0.25, 0.3) is 0 Å². The van der Waals surface area contributed by atoms with Gasteiger partial charge in [-0.05, 0) is 27.7 Å². The van der Waals surface area contributed by atoms with Gasteiger partial charge in [-0.25, -0.2) is 0 Å². The number of hydrogen-bond acceptors (Lipinski definition) is 12. The van der Waals surface area contributed by atoms with Crippen molar-refractivity contribution in [1.29, 1.82) is 0 Å². The van der Waals surface area contributed by atoms with Crippen molar-refractivity contribution in [3.63, 3.8) is 0 Å². The Labute approximate surface area is 173 Å². The van der Waals surface area contributed by atoms with Gasteiger partial charge in [0.1, 0.15) is 49.3 Å². The van der Waals surface area contributed by atoms with Crippen molar-refractivity contribution in [2.75, 3.05) is 6.61 Å². The fraction of sp³-hybridized carbons (Fsp3) is 1.00. The Balaban J connectivity index is 1.81. The second-order valence-electron chi connectivity index (χ2n) is 8.43. The normalized spacial score (nSPS) is 57.1. The van der Waals surface area contributed by atoms with Crippen molar-refractivity contribution in [2.45, 2.75) is 107 Å². The smallest absolute Gasteiger partial charge is 0.224 e. The van der Waals surface area contributed by atoms with Crippen LogP contribution in [0, 0.1) is 0 Å². The molecular formula is C18H32O12. The van der Waals surface area contributed by atoms with E-state index in [1.807, 2.05) is 0 Å². The Morgan fingerprint density at radius 2 is 1.27 bits per heavy atom. The largest absolute Gasteiger partial charge is 0.388 e. The highest BCUT2D eigenvalue weighted by Gasteiger charge is 2.60. The van der Waals surface area contributed by atoms with Crippen LogP contribution in [0.1, 0.15) is 27.7 Å². The minimum atomic E-state index is -2.07. The second-order valence-corrected chi connectivity index (χ2v) is 8.43.